The van der Waals surface area contributed by atoms with Crippen LogP contribution in [0.4, 0.5) is 5.69 Å². The van der Waals surface area contributed by atoms with Crippen LogP contribution in [0.5, 0.6) is 0 Å². The van der Waals surface area contributed by atoms with Crippen LogP contribution in [0, 0.1) is 0 Å². The maximum Gasteiger partial charge on any atom is 0.236 e. The minimum atomic E-state index is -3.41. The predicted molar refractivity (Wildman–Crippen MR) is 87.9 cm³/mol. The number of benzene rings is 1. The molecule has 0 aromatic heterocycles. The Balaban J connectivity index is 1.50. The molecule has 0 radical (unpaired) electrons. The van der Waals surface area contributed by atoms with Gasteiger partial charge in [-0.15, -0.1) is 0 Å². The van der Waals surface area contributed by atoms with E-state index in [4.69, 9.17) is 4.74 Å². The van der Waals surface area contributed by atoms with E-state index in [2.05, 4.69) is 5.32 Å². The molecule has 2 heterocycles. The summed E-state index contributed by atoms with van der Waals surface area (Å²) < 4.78 is 31.8. The van der Waals surface area contributed by atoms with Crippen molar-refractivity contribution in [3.8, 4) is 0 Å². The molecule has 1 saturated heterocycles. The van der Waals surface area contributed by atoms with Crippen molar-refractivity contribution >= 4 is 21.6 Å². The van der Waals surface area contributed by atoms with Gasteiger partial charge in [0.15, 0.2) is 0 Å². The van der Waals surface area contributed by atoms with Crippen LogP contribution in [0.1, 0.15) is 24.8 Å². The molecule has 1 atom stereocenters. The summed E-state index contributed by atoms with van der Waals surface area (Å²) >= 11 is 0. The van der Waals surface area contributed by atoms with E-state index in [1.165, 1.54) is 4.31 Å². The SMILES string of the molecule is O=C(C[C@@H]1CCCO1)NCCS(=O)(=O)N1CCc2ccccc21. The van der Waals surface area contributed by atoms with Gasteiger partial charge in [-0.3, -0.25) is 9.10 Å². The zero-order chi connectivity index (χ0) is 16.3. The van der Waals surface area contributed by atoms with Crippen LogP contribution >= 0.6 is 0 Å². The van der Waals surface area contributed by atoms with Gasteiger partial charge >= 0.3 is 0 Å². The highest BCUT2D eigenvalue weighted by molar-refractivity contribution is 7.92. The monoisotopic (exact) mass is 338 g/mol. The van der Waals surface area contributed by atoms with E-state index in [1.807, 2.05) is 24.3 Å². The molecule has 23 heavy (non-hydrogen) atoms. The molecule has 3 rings (SSSR count). The van der Waals surface area contributed by atoms with Crippen molar-refractivity contribution in [2.75, 3.05) is 29.8 Å². The summed E-state index contributed by atoms with van der Waals surface area (Å²) in [5.41, 5.74) is 1.82. The summed E-state index contributed by atoms with van der Waals surface area (Å²) in [5.74, 6) is -0.229. The van der Waals surface area contributed by atoms with Gasteiger partial charge in [0.2, 0.25) is 15.9 Å². The molecular weight excluding hydrogens is 316 g/mol. The van der Waals surface area contributed by atoms with Crippen molar-refractivity contribution < 1.29 is 17.9 Å². The Bertz CT molecular complexity index is 668. The molecule has 0 saturated carbocycles. The Labute approximate surface area is 136 Å². The number of rotatable bonds is 6. The Morgan fingerprint density at radius 1 is 1.35 bits per heavy atom. The van der Waals surface area contributed by atoms with Crippen molar-refractivity contribution in [1.29, 1.82) is 0 Å². The maximum absolute atomic E-state index is 12.5. The van der Waals surface area contributed by atoms with Crippen LogP contribution in [0.25, 0.3) is 0 Å². The van der Waals surface area contributed by atoms with Gasteiger partial charge < -0.3 is 10.1 Å². The molecule has 0 unspecified atom stereocenters. The molecule has 1 fully saturated rings. The third-order valence-corrected chi connectivity index (χ3v) is 6.07. The normalized spacial score (nSPS) is 20.5. The zero-order valence-electron chi connectivity index (χ0n) is 13.0. The van der Waals surface area contributed by atoms with Crippen LogP contribution in [-0.2, 0) is 26.0 Å². The van der Waals surface area contributed by atoms with Gasteiger partial charge in [-0.25, -0.2) is 8.42 Å². The molecule has 1 aromatic carbocycles. The molecule has 6 nitrogen and oxygen atoms in total. The molecule has 0 aliphatic carbocycles. The molecule has 1 aromatic rings. The predicted octanol–water partition coefficient (Wildman–Crippen LogP) is 1.06. The van der Waals surface area contributed by atoms with Crippen molar-refractivity contribution in [3.05, 3.63) is 29.8 Å². The lowest BCUT2D eigenvalue weighted by Gasteiger charge is -2.19. The topological polar surface area (TPSA) is 75.7 Å². The first-order valence-electron chi connectivity index (χ1n) is 8.03. The molecular formula is C16H22N2O4S. The fraction of sp³-hybridized carbons (Fsp3) is 0.562. The van der Waals surface area contributed by atoms with E-state index in [9.17, 15) is 13.2 Å². The van der Waals surface area contributed by atoms with Gasteiger partial charge in [-0.05, 0) is 30.9 Å². The number of anilines is 1. The molecule has 2 aliphatic rings. The average molecular weight is 338 g/mol. The first-order chi connectivity index (χ1) is 11.1. The Kier molecular flexibility index (Phi) is 4.87. The van der Waals surface area contributed by atoms with Crippen molar-refractivity contribution in [2.24, 2.45) is 0 Å². The number of carbonyl (C=O) groups excluding carboxylic acids is 1. The minimum absolute atomic E-state index is 0.0166. The number of nitrogens with one attached hydrogen (secondary N) is 1. The lowest BCUT2D eigenvalue weighted by Crippen LogP contribution is -2.37. The number of hydrogen-bond acceptors (Lipinski definition) is 4. The number of para-hydroxylation sites is 1. The number of nitrogens with zero attached hydrogens (tertiary/aromatic N) is 1. The smallest absolute Gasteiger partial charge is 0.236 e. The molecule has 7 heteroatoms. The number of fused-ring (bicyclic) bond motifs is 1. The average Bonchev–Trinajstić information content (AvgIpc) is 3.16. The third-order valence-electron chi connectivity index (χ3n) is 4.30. The first kappa shape index (κ1) is 16.3. The number of carbonyl (C=O) groups is 1. The highest BCUT2D eigenvalue weighted by Gasteiger charge is 2.28. The van der Waals surface area contributed by atoms with Crippen LogP contribution in [0.2, 0.25) is 0 Å². The third kappa shape index (κ3) is 3.84. The molecule has 1 amide bonds. The fourth-order valence-electron chi connectivity index (χ4n) is 3.11. The fourth-order valence-corrected chi connectivity index (χ4v) is 4.54. The number of sulfonamides is 1. The quantitative estimate of drug-likeness (QED) is 0.842. The van der Waals surface area contributed by atoms with Crippen molar-refractivity contribution in [3.63, 3.8) is 0 Å². The standard InChI is InChI=1S/C16H22N2O4S/c19-16(12-14-5-3-10-22-14)17-8-11-23(20,21)18-9-7-13-4-1-2-6-15(13)18/h1-2,4,6,14H,3,5,7-12H2,(H,17,19)/t14-/m0/s1. The second kappa shape index (κ2) is 6.88. The second-order valence-corrected chi connectivity index (χ2v) is 7.97. The Morgan fingerprint density at radius 2 is 2.17 bits per heavy atom. The van der Waals surface area contributed by atoms with Crippen LogP contribution in [-0.4, -0.2) is 45.9 Å². The summed E-state index contributed by atoms with van der Waals surface area (Å²) in [5, 5.41) is 2.69. The van der Waals surface area contributed by atoms with Gasteiger partial charge in [-0.1, -0.05) is 18.2 Å². The molecule has 0 bridgehead atoms. The minimum Gasteiger partial charge on any atom is -0.378 e. The van der Waals surface area contributed by atoms with Crippen LogP contribution < -0.4 is 9.62 Å². The number of amides is 1. The van der Waals surface area contributed by atoms with Gasteiger partial charge in [0.25, 0.3) is 0 Å². The lowest BCUT2D eigenvalue weighted by molar-refractivity contribution is -0.123. The lowest BCUT2D eigenvalue weighted by atomic mass is 10.2. The first-order valence-corrected chi connectivity index (χ1v) is 9.64. The zero-order valence-corrected chi connectivity index (χ0v) is 13.8. The van der Waals surface area contributed by atoms with Crippen LogP contribution in [0.15, 0.2) is 24.3 Å². The number of ether oxygens (including phenoxy) is 1. The van der Waals surface area contributed by atoms with Gasteiger partial charge in [-0.2, -0.15) is 0 Å². The van der Waals surface area contributed by atoms with E-state index in [0.717, 1.165) is 30.5 Å². The van der Waals surface area contributed by atoms with E-state index in [1.54, 1.807) is 0 Å². The summed E-state index contributed by atoms with van der Waals surface area (Å²) in [4.78, 5) is 11.8. The van der Waals surface area contributed by atoms with E-state index in [0.29, 0.717) is 19.6 Å². The van der Waals surface area contributed by atoms with E-state index >= 15 is 0 Å². The second-order valence-electron chi connectivity index (χ2n) is 5.96. The largest absolute Gasteiger partial charge is 0.378 e. The highest BCUT2D eigenvalue weighted by atomic mass is 32.2. The summed E-state index contributed by atoms with van der Waals surface area (Å²) in [7, 11) is -3.41. The molecule has 1 N–H and O–H groups in total. The van der Waals surface area contributed by atoms with Gasteiger partial charge in [0.1, 0.15) is 0 Å². The molecule has 0 spiro atoms. The summed E-state index contributed by atoms with van der Waals surface area (Å²) in [6.07, 6.45) is 2.92. The summed E-state index contributed by atoms with van der Waals surface area (Å²) in [6.45, 7) is 1.32. The molecule has 2 aliphatic heterocycles. The van der Waals surface area contributed by atoms with Crippen molar-refractivity contribution in [1.82, 2.24) is 5.32 Å². The van der Waals surface area contributed by atoms with E-state index < -0.39 is 10.0 Å². The van der Waals surface area contributed by atoms with Gasteiger partial charge in [0.05, 0.1) is 24.0 Å². The Morgan fingerprint density at radius 3 is 2.96 bits per heavy atom. The Hall–Kier alpha value is -1.60. The highest BCUT2D eigenvalue weighted by Crippen LogP contribution is 2.29. The van der Waals surface area contributed by atoms with Gasteiger partial charge in [0, 0.05) is 19.7 Å². The van der Waals surface area contributed by atoms with Crippen molar-refractivity contribution in [2.45, 2.75) is 31.8 Å². The maximum atomic E-state index is 12.5. The molecule has 126 valence electrons. The summed E-state index contributed by atoms with van der Waals surface area (Å²) in [6, 6.07) is 7.54. The number of hydrogen-bond donors (Lipinski definition) is 1. The van der Waals surface area contributed by atoms with Crippen LogP contribution in [0.3, 0.4) is 0 Å². The van der Waals surface area contributed by atoms with E-state index in [-0.39, 0.29) is 24.3 Å².